The molecule has 0 fully saturated rings. The fourth-order valence-electron chi connectivity index (χ4n) is 3.75. The summed E-state index contributed by atoms with van der Waals surface area (Å²) < 4.78 is 18.3. The van der Waals surface area contributed by atoms with Gasteiger partial charge in [0.1, 0.15) is 29.1 Å². The first kappa shape index (κ1) is 26.9. The Morgan fingerprint density at radius 1 is 0.889 bits per heavy atom. The lowest BCUT2D eigenvalue weighted by Gasteiger charge is -2.16. The number of phenolic OH excluding ortho intramolecular Hbond substituents is 1. The van der Waals surface area contributed by atoms with Crippen molar-refractivity contribution in [1.82, 2.24) is 0 Å². The summed E-state index contributed by atoms with van der Waals surface area (Å²) >= 11 is 13.6. The number of carbonyl (C=O) groups excluding carboxylic acids is 1. The summed E-state index contributed by atoms with van der Waals surface area (Å²) in [5.41, 5.74) is 2.22. The number of esters is 1. The number of aromatic hydroxyl groups is 1. The second kappa shape index (κ2) is 11.1. The molecule has 3 aromatic carbocycles. The van der Waals surface area contributed by atoms with Crippen LogP contribution in [0.15, 0.2) is 77.8 Å². The van der Waals surface area contributed by atoms with Gasteiger partial charge >= 0.3 is 5.97 Å². The number of hydrogen-bond donors (Lipinski definition) is 2. The molecule has 0 aliphatic carbocycles. The topological polar surface area (TPSA) is 85.2 Å². The van der Waals surface area contributed by atoms with E-state index in [9.17, 15) is 15.0 Å². The highest BCUT2D eigenvalue weighted by Gasteiger charge is 2.37. The van der Waals surface area contributed by atoms with Crippen LogP contribution in [0.1, 0.15) is 22.8 Å². The molecule has 1 atom stereocenters. The van der Waals surface area contributed by atoms with E-state index in [1.54, 1.807) is 49.6 Å². The summed E-state index contributed by atoms with van der Waals surface area (Å²) in [6, 6.07) is 13.9. The third-order valence-corrected chi connectivity index (χ3v) is 7.86. The van der Waals surface area contributed by atoms with Crippen LogP contribution in [0.4, 0.5) is 0 Å². The van der Waals surface area contributed by atoms with Gasteiger partial charge in [-0.05, 0) is 123 Å². The van der Waals surface area contributed by atoms with Crippen LogP contribution in [0.5, 0.6) is 17.2 Å². The van der Waals surface area contributed by atoms with Gasteiger partial charge in [-0.1, -0.05) is 12.1 Å². The zero-order valence-corrected chi connectivity index (χ0v) is 25.2. The Morgan fingerprint density at radius 3 is 2.00 bits per heavy atom. The molecule has 0 radical (unpaired) electrons. The molecule has 36 heavy (non-hydrogen) atoms. The van der Waals surface area contributed by atoms with Crippen molar-refractivity contribution in [3.05, 3.63) is 94.4 Å². The van der Waals surface area contributed by atoms with Crippen LogP contribution in [0, 0.1) is 0 Å². The Bertz CT molecular complexity index is 1370. The zero-order valence-electron chi connectivity index (χ0n) is 18.8. The maximum Gasteiger partial charge on any atom is 0.343 e. The summed E-state index contributed by atoms with van der Waals surface area (Å²) in [6.45, 7) is 0. The van der Waals surface area contributed by atoms with Crippen LogP contribution >= 0.6 is 63.7 Å². The number of carbonyl (C=O) groups is 1. The highest BCUT2D eigenvalue weighted by Crippen LogP contribution is 2.46. The maximum absolute atomic E-state index is 13.2. The number of aliphatic hydroxyl groups is 1. The van der Waals surface area contributed by atoms with Crippen molar-refractivity contribution >= 4 is 81.3 Å². The Balaban J connectivity index is 1.93. The summed E-state index contributed by atoms with van der Waals surface area (Å²) in [5.74, 6) is 0.835. The smallest absolute Gasteiger partial charge is 0.343 e. The van der Waals surface area contributed by atoms with Crippen LogP contribution in [-0.2, 0) is 9.53 Å². The number of aliphatic hydroxyl groups excluding tert-OH is 1. The van der Waals surface area contributed by atoms with Crippen molar-refractivity contribution in [1.29, 1.82) is 0 Å². The minimum absolute atomic E-state index is 0.00962. The van der Waals surface area contributed by atoms with Gasteiger partial charge < -0.3 is 24.4 Å². The van der Waals surface area contributed by atoms with Gasteiger partial charge in [0.2, 0.25) is 0 Å². The van der Waals surface area contributed by atoms with E-state index in [0.29, 0.717) is 46.1 Å². The summed E-state index contributed by atoms with van der Waals surface area (Å²) in [7, 11) is 3.11. The highest BCUT2D eigenvalue weighted by atomic mass is 79.9. The molecule has 2 N–H and O–H groups in total. The van der Waals surface area contributed by atoms with Gasteiger partial charge in [-0.3, -0.25) is 0 Å². The van der Waals surface area contributed by atoms with E-state index in [1.807, 2.05) is 12.1 Å². The first-order valence-corrected chi connectivity index (χ1v) is 13.5. The maximum atomic E-state index is 13.2. The first-order chi connectivity index (χ1) is 17.1. The summed E-state index contributed by atoms with van der Waals surface area (Å²) in [5, 5.41) is 21.7. The predicted octanol–water partition coefficient (Wildman–Crippen LogP) is 7.54. The fraction of sp³-hybridized carbons (Fsp3) is 0.115. The SMILES string of the molecule is COc1ccc(/C=C2\OC(=O)C(C(O)c3cc(Br)c(OC)c(Br)c3)=C2c2cc(Br)c(O)c(Br)c2)cc1. The number of allylic oxidation sites excluding steroid dienone is 1. The quantitative estimate of drug-likeness (QED) is 0.254. The second-order valence-corrected chi connectivity index (χ2v) is 11.1. The second-order valence-electron chi connectivity index (χ2n) is 7.67. The molecule has 3 aromatic rings. The number of ether oxygens (including phenoxy) is 3. The Morgan fingerprint density at radius 2 is 1.47 bits per heavy atom. The molecule has 6 nitrogen and oxygen atoms in total. The molecule has 4 rings (SSSR count). The average molecular weight is 746 g/mol. The van der Waals surface area contributed by atoms with Gasteiger partial charge in [0.15, 0.2) is 0 Å². The van der Waals surface area contributed by atoms with Gasteiger partial charge in [-0.25, -0.2) is 4.79 Å². The Kier molecular flexibility index (Phi) is 8.31. The van der Waals surface area contributed by atoms with E-state index in [0.717, 1.165) is 5.56 Å². The average Bonchev–Trinajstić information content (AvgIpc) is 3.17. The number of halogens is 4. The van der Waals surface area contributed by atoms with Crippen molar-refractivity contribution in [2.75, 3.05) is 14.2 Å². The van der Waals surface area contributed by atoms with Gasteiger partial charge in [-0.15, -0.1) is 0 Å². The summed E-state index contributed by atoms with van der Waals surface area (Å²) in [6.07, 6.45) is 0.389. The molecule has 0 amide bonds. The van der Waals surface area contributed by atoms with E-state index in [-0.39, 0.29) is 17.1 Å². The Hall–Kier alpha value is -2.11. The molecule has 0 bridgehead atoms. The third-order valence-electron chi connectivity index (χ3n) is 5.47. The van der Waals surface area contributed by atoms with E-state index < -0.39 is 12.1 Å². The fourth-order valence-corrected chi connectivity index (χ4v) is 6.48. The highest BCUT2D eigenvalue weighted by molar-refractivity contribution is 9.11. The molecule has 0 aromatic heterocycles. The number of methoxy groups -OCH3 is 2. The van der Waals surface area contributed by atoms with E-state index in [4.69, 9.17) is 14.2 Å². The molecule has 1 aliphatic rings. The van der Waals surface area contributed by atoms with Crippen molar-refractivity contribution in [3.8, 4) is 17.2 Å². The molecule has 10 heteroatoms. The molecule has 186 valence electrons. The molecule has 1 aliphatic heterocycles. The number of benzene rings is 3. The first-order valence-electron chi connectivity index (χ1n) is 10.4. The van der Waals surface area contributed by atoms with E-state index in [2.05, 4.69) is 63.7 Å². The molecule has 1 heterocycles. The molecule has 0 spiro atoms. The number of cyclic esters (lactones) is 1. The molecule has 1 unspecified atom stereocenters. The van der Waals surface area contributed by atoms with Crippen LogP contribution in [0.25, 0.3) is 11.6 Å². The summed E-state index contributed by atoms with van der Waals surface area (Å²) in [4.78, 5) is 13.2. The zero-order chi connectivity index (χ0) is 26.1. The van der Waals surface area contributed by atoms with E-state index >= 15 is 0 Å². The molecular weight excluding hydrogens is 728 g/mol. The normalized spacial score (nSPS) is 15.3. The van der Waals surface area contributed by atoms with Crippen molar-refractivity contribution in [2.45, 2.75) is 6.10 Å². The van der Waals surface area contributed by atoms with Crippen LogP contribution < -0.4 is 9.47 Å². The molecule has 0 saturated carbocycles. The Labute approximate surface area is 241 Å². The lowest BCUT2D eigenvalue weighted by Crippen LogP contribution is -2.10. The standard InChI is InChI=1S/C26H18Br4O6/c1-34-15-5-3-12(4-6-15)7-20-21(13-8-16(27)24(32)17(28)9-13)22(26(33)36-20)23(31)14-10-18(29)25(35-2)19(30)11-14/h3-11,23,31-32H,1-2H3/b20-7-. The molecular formula is C26H18Br4O6. The minimum Gasteiger partial charge on any atom is -0.506 e. The van der Waals surface area contributed by atoms with Gasteiger partial charge in [0, 0.05) is 5.57 Å². The van der Waals surface area contributed by atoms with E-state index in [1.165, 1.54) is 7.11 Å². The van der Waals surface area contributed by atoms with Crippen LogP contribution in [-0.4, -0.2) is 30.4 Å². The number of phenols is 1. The van der Waals surface area contributed by atoms with Gasteiger partial charge in [-0.2, -0.15) is 0 Å². The predicted molar refractivity (Wildman–Crippen MR) is 151 cm³/mol. The lowest BCUT2D eigenvalue weighted by atomic mass is 9.92. The van der Waals surface area contributed by atoms with Crippen molar-refractivity contribution < 1.29 is 29.2 Å². The molecule has 0 saturated heterocycles. The minimum atomic E-state index is -1.32. The largest absolute Gasteiger partial charge is 0.506 e. The monoisotopic (exact) mass is 742 g/mol. The number of hydrogen-bond acceptors (Lipinski definition) is 6. The van der Waals surface area contributed by atoms with Gasteiger partial charge in [0.25, 0.3) is 0 Å². The third kappa shape index (κ3) is 5.28. The van der Waals surface area contributed by atoms with Crippen LogP contribution in [0.3, 0.4) is 0 Å². The van der Waals surface area contributed by atoms with Crippen LogP contribution in [0.2, 0.25) is 0 Å². The van der Waals surface area contributed by atoms with Crippen molar-refractivity contribution in [2.24, 2.45) is 0 Å². The van der Waals surface area contributed by atoms with Crippen molar-refractivity contribution in [3.63, 3.8) is 0 Å². The lowest BCUT2D eigenvalue weighted by molar-refractivity contribution is -0.134. The van der Waals surface area contributed by atoms with Gasteiger partial charge in [0.05, 0.1) is 37.7 Å². The number of rotatable bonds is 6.